The van der Waals surface area contributed by atoms with E-state index in [9.17, 15) is 4.79 Å². The zero-order chi connectivity index (χ0) is 12.3. The van der Waals surface area contributed by atoms with E-state index in [2.05, 4.69) is 21.2 Å². The summed E-state index contributed by atoms with van der Waals surface area (Å²) in [6, 6.07) is 8.10. The van der Waals surface area contributed by atoms with Gasteiger partial charge in [-0.2, -0.15) is 0 Å². The van der Waals surface area contributed by atoms with Crippen molar-refractivity contribution >= 4 is 21.8 Å². The lowest BCUT2D eigenvalue weighted by atomic mass is 10.1. The third-order valence-electron chi connectivity index (χ3n) is 3.07. The highest BCUT2D eigenvalue weighted by atomic mass is 79.9. The van der Waals surface area contributed by atoms with Crippen LogP contribution in [-0.2, 0) is 11.3 Å². The van der Waals surface area contributed by atoms with E-state index in [1.54, 1.807) is 4.90 Å². The molecule has 1 amide bonds. The van der Waals surface area contributed by atoms with Crippen LogP contribution in [0.15, 0.2) is 28.7 Å². The number of amides is 1. The minimum atomic E-state index is 0.0236. The van der Waals surface area contributed by atoms with E-state index in [0.29, 0.717) is 6.54 Å². The molecule has 1 saturated heterocycles. The molecule has 92 valence electrons. The normalized spacial score (nSPS) is 19.3. The third-order valence-corrected chi connectivity index (χ3v) is 3.60. The average Bonchev–Trinajstić information content (AvgIpc) is 2.84. The Morgan fingerprint density at radius 1 is 1.47 bits per heavy atom. The van der Waals surface area contributed by atoms with Gasteiger partial charge in [-0.3, -0.25) is 4.79 Å². The van der Waals surface area contributed by atoms with E-state index < -0.39 is 0 Å². The number of hydrogen-bond acceptors (Lipinski definition) is 2. The molecule has 0 saturated carbocycles. The van der Waals surface area contributed by atoms with Crippen LogP contribution in [-0.4, -0.2) is 30.4 Å². The van der Waals surface area contributed by atoms with Gasteiger partial charge in [0.2, 0.25) is 5.91 Å². The summed E-state index contributed by atoms with van der Waals surface area (Å²) in [4.78, 5) is 13.9. The summed E-state index contributed by atoms with van der Waals surface area (Å²) < 4.78 is 1.06. The van der Waals surface area contributed by atoms with Gasteiger partial charge in [-0.1, -0.05) is 28.1 Å². The fourth-order valence-corrected chi connectivity index (χ4v) is 2.37. The van der Waals surface area contributed by atoms with Crippen LogP contribution in [0.25, 0.3) is 0 Å². The van der Waals surface area contributed by atoms with Gasteiger partial charge in [-0.05, 0) is 37.1 Å². The van der Waals surface area contributed by atoms with Crippen molar-refractivity contribution in [3.05, 3.63) is 34.3 Å². The van der Waals surface area contributed by atoms with Crippen molar-refractivity contribution in [1.29, 1.82) is 0 Å². The summed E-state index contributed by atoms with van der Waals surface area (Å²) in [5, 5.41) is 3.23. The first-order valence-electron chi connectivity index (χ1n) is 5.89. The van der Waals surface area contributed by atoms with E-state index >= 15 is 0 Å². The van der Waals surface area contributed by atoms with Crippen LogP contribution in [0.4, 0.5) is 0 Å². The first-order valence-corrected chi connectivity index (χ1v) is 6.69. The molecule has 0 radical (unpaired) electrons. The van der Waals surface area contributed by atoms with Gasteiger partial charge in [-0.25, -0.2) is 0 Å². The molecule has 2 rings (SSSR count). The van der Waals surface area contributed by atoms with Crippen molar-refractivity contribution in [2.45, 2.75) is 25.4 Å². The second-order valence-corrected chi connectivity index (χ2v) is 5.39. The molecule has 0 aromatic heterocycles. The van der Waals surface area contributed by atoms with Gasteiger partial charge in [0, 0.05) is 18.1 Å². The number of hydrogen-bond donors (Lipinski definition) is 1. The van der Waals surface area contributed by atoms with Gasteiger partial charge in [0.05, 0.1) is 6.04 Å². The minimum absolute atomic E-state index is 0.0236. The van der Waals surface area contributed by atoms with Crippen molar-refractivity contribution in [2.75, 3.05) is 13.6 Å². The van der Waals surface area contributed by atoms with Crippen LogP contribution in [0.3, 0.4) is 0 Å². The van der Waals surface area contributed by atoms with Gasteiger partial charge in [0.15, 0.2) is 0 Å². The number of nitrogens with one attached hydrogen (secondary N) is 1. The maximum absolute atomic E-state index is 12.1. The minimum Gasteiger partial charge on any atom is -0.340 e. The monoisotopic (exact) mass is 296 g/mol. The van der Waals surface area contributed by atoms with Crippen molar-refractivity contribution < 1.29 is 4.79 Å². The number of rotatable bonds is 3. The number of carbonyl (C=O) groups excluding carboxylic acids is 1. The van der Waals surface area contributed by atoms with Gasteiger partial charge in [0.25, 0.3) is 0 Å². The van der Waals surface area contributed by atoms with Gasteiger partial charge in [-0.15, -0.1) is 0 Å². The molecule has 17 heavy (non-hydrogen) atoms. The summed E-state index contributed by atoms with van der Waals surface area (Å²) in [5.41, 5.74) is 1.15. The van der Waals surface area contributed by atoms with E-state index in [0.717, 1.165) is 29.4 Å². The molecular weight excluding hydrogens is 280 g/mol. The third kappa shape index (κ3) is 3.30. The molecule has 1 fully saturated rings. The predicted octanol–water partition coefficient (Wildman–Crippen LogP) is 2.16. The lowest BCUT2D eigenvalue weighted by Gasteiger charge is -2.21. The molecule has 1 aromatic rings. The summed E-state index contributed by atoms with van der Waals surface area (Å²) in [6.07, 6.45) is 2.06. The van der Waals surface area contributed by atoms with E-state index in [4.69, 9.17) is 0 Å². The number of benzene rings is 1. The zero-order valence-corrected chi connectivity index (χ0v) is 11.5. The maximum atomic E-state index is 12.1. The largest absolute Gasteiger partial charge is 0.340 e. The molecule has 0 aliphatic carbocycles. The smallest absolute Gasteiger partial charge is 0.239 e. The van der Waals surface area contributed by atoms with E-state index in [1.807, 2.05) is 31.3 Å². The summed E-state index contributed by atoms with van der Waals surface area (Å²) >= 11 is 3.40. The number of halogens is 1. The summed E-state index contributed by atoms with van der Waals surface area (Å²) in [6.45, 7) is 1.63. The molecule has 0 spiro atoms. The van der Waals surface area contributed by atoms with Gasteiger partial charge < -0.3 is 10.2 Å². The van der Waals surface area contributed by atoms with Crippen LogP contribution in [0.2, 0.25) is 0 Å². The second-order valence-electron chi connectivity index (χ2n) is 4.47. The highest BCUT2D eigenvalue weighted by Gasteiger charge is 2.24. The highest BCUT2D eigenvalue weighted by molar-refractivity contribution is 9.10. The Labute approximate surface area is 110 Å². The van der Waals surface area contributed by atoms with Gasteiger partial charge in [0.1, 0.15) is 0 Å². The Kier molecular flexibility index (Phi) is 4.18. The molecule has 4 heteroatoms. The quantitative estimate of drug-likeness (QED) is 0.927. The highest BCUT2D eigenvalue weighted by Crippen LogP contribution is 2.13. The summed E-state index contributed by atoms with van der Waals surface area (Å²) in [5.74, 6) is 0.199. The van der Waals surface area contributed by atoms with E-state index in [-0.39, 0.29) is 11.9 Å². The van der Waals surface area contributed by atoms with Crippen molar-refractivity contribution in [3.8, 4) is 0 Å². The number of nitrogens with zero attached hydrogens (tertiary/aromatic N) is 1. The van der Waals surface area contributed by atoms with Crippen molar-refractivity contribution in [3.63, 3.8) is 0 Å². The fourth-order valence-electron chi connectivity index (χ4n) is 2.10. The average molecular weight is 297 g/mol. The Morgan fingerprint density at radius 3 is 2.76 bits per heavy atom. The molecule has 1 heterocycles. The Bertz CT molecular complexity index is 385. The van der Waals surface area contributed by atoms with Gasteiger partial charge >= 0.3 is 0 Å². The molecule has 1 atom stereocenters. The molecule has 1 N–H and O–H groups in total. The Morgan fingerprint density at radius 2 is 2.18 bits per heavy atom. The molecule has 0 unspecified atom stereocenters. The maximum Gasteiger partial charge on any atom is 0.239 e. The first-order chi connectivity index (χ1) is 8.16. The fraction of sp³-hybridized carbons (Fsp3) is 0.462. The second kappa shape index (κ2) is 5.65. The topological polar surface area (TPSA) is 32.3 Å². The molecule has 1 aliphatic rings. The first kappa shape index (κ1) is 12.6. The lowest BCUT2D eigenvalue weighted by molar-refractivity contribution is -0.132. The predicted molar refractivity (Wildman–Crippen MR) is 71.6 cm³/mol. The van der Waals surface area contributed by atoms with Crippen LogP contribution in [0.1, 0.15) is 18.4 Å². The molecule has 1 aliphatic heterocycles. The standard InChI is InChI=1S/C13H17BrN2O/c1-16(13(17)12-3-2-8-15-12)9-10-4-6-11(14)7-5-10/h4-7,12,15H,2-3,8-9H2,1H3/t12-/m1/s1. The SMILES string of the molecule is CN(Cc1ccc(Br)cc1)C(=O)[C@H]1CCCN1. The molecule has 3 nitrogen and oxygen atoms in total. The van der Waals surface area contributed by atoms with Crippen molar-refractivity contribution in [1.82, 2.24) is 10.2 Å². The molecular formula is C13H17BrN2O. The number of likely N-dealkylation sites (N-methyl/N-ethyl adjacent to an activating group) is 1. The van der Waals surface area contributed by atoms with Crippen LogP contribution in [0, 0.1) is 0 Å². The van der Waals surface area contributed by atoms with Crippen LogP contribution >= 0.6 is 15.9 Å². The number of carbonyl (C=O) groups is 1. The van der Waals surface area contributed by atoms with Crippen LogP contribution in [0.5, 0.6) is 0 Å². The lowest BCUT2D eigenvalue weighted by Crippen LogP contribution is -2.41. The van der Waals surface area contributed by atoms with Crippen LogP contribution < -0.4 is 5.32 Å². The Hall–Kier alpha value is -0.870. The Balaban J connectivity index is 1.93. The van der Waals surface area contributed by atoms with E-state index in [1.165, 1.54) is 0 Å². The summed E-state index contributed by atoms with van der Waals surface area (Å²) in [7, 11) is 1.87. The molecule has 1 aromatic carbocycles. The van der Waals surface area contributed by atoms with Crippen molar-refractivity contribution in [2.24, 2.45) is 0 Å². The molecule has 0 bridgehead atoms. The zero-order valence-electron chi connectivity index (χ0n) is 9.95.